The van der Waals surface area contributed by atoms with Crippen molar-refractivity contribution in [2.24, 2.45) is 0 Å². The second kappa shape index (κ2) is 7.51. The Kier molecular flexibility index (Phi) is 5.01. The summed E-state index contributed by atoms with van der Waals surface area (Å²) in [5.41, 5.74) is 2.09. The number of anilines is 1. The summed E-state index contributed by atoms with van der Waals surface area (Å²) in [5.74, 6) is -2.00. The van der Waals surface area contributed by atoms with Crippen LogP contribution in [0.3, 0.4) is 0 Å². The lowest BCUT2D eigenvalue weighted by Crippen LogP contribution is -2.17. The number of carboxylic acid groups (broad SMARTS) is 1. The van der Waals surface area contributed by atoms with Crippen LogP contribution >= 0.6 is 11.3 Å². The van der Waals surface area contributed by atoms with Crippen LogP contribution in [-0.4, -0.2) is 24.5 Å². The molecule has 0 bridgehead atoms. The van der Waals surface area contributed by atoms with E-state index >= 15 is 0 Å². The average molecular weight is 443 g/mol. The van der Waals surface area contributed by atoms with Gasteiger partial charge in [-0.15, -0.1) is 11.3 Å². The first-order valence-corrected chi connectivity index (χ1v) is 11.2. The number of thiazole rings is 1. The smallest absolute Gasteiger partial charge is 0.335 e. The molecule has 2 aromatic carbocycles. The zero-order chi connectivity index (χ0) is 21.5. The molecule has 30 heavy (non-hydrogen) atoms. The Hall–Kier alpha value is -3.29. The Balaban J connectivity index is 1.84. The lowest BCUT2D eigenvalue weighted by atomic mass is 10.1. The number of sulfonamides is 1. The van der Waals surface area contributed by atoms with Gasteiger partial charge in [-0.25, -0.2) is 22.6 Å². The number of rotatable bonds is 6. The molecule has 0 spiro atoms. The summed E-state index contributed by atoms with van der Waals surface area (Å²) in [6.07, 6.45) is 1.63. The van der Waals surface area contributed by atoms with Gasteiger partial charge in [-0.2, -0.15) is 5.26 Å². The van der Waals surface area contributed by atoms with Crippen LogP contribution in [0.25, 0.3) is 11.3 Å². The molecule has 1 heterocycles. The second-order valence-electron chi connectivity index (χ2n) is 6.80. The van der Waals surface area contributed by atoms with Crippen LogP contribution in [0, 0.1) is 17.1 Å². The Morgan fingerprint density at radius 1 is 1.30 bits per heavy atom. The largest absolute Gasteiger partial charge is 0.478 e. The van der Waals surface area contributed by atoms with E-state index < -0.39 is 21.8 Å². The van der Waals surface area contributed by atoms with Gasteiger partial charge >= 0.3 is 5.97 Å². The molecule has 2 N–H and O–H groups in total. The molecule has 1 aromatic heterocycles. The lowest BCUT2D eigenvalue weighted by Gasteiger charge is -2.15. The van der Waals surface area contributed by atoms with Crippen molar-refractivity contribution in [3.8, 4) is 17.3 Å². The maximum atomic E-state index is 14.2. The van der Waals surface area contributed by atoms with Crippen LogP contribution in [0.15, 0.2) is 46.1 Å². The third kappa shape index (κ3) is 3.77. The summed E-state index contributed by atoms with van der Waals surface area (Å²) in [4.78, 5) is 15.3. The summed E-state index contributed by atoms with van der Waals surface area (Å²) < 4.78 is 43.1. The highest BCUT2D eigenvalue weighted by atomic mass is 32.2. The van der Waals surface area contributed by atoms with E-state index in [4.69, 9.17) is 5.26 Å². The summed E-state index contributed by atoms with van der Waals surface area (Å²) in [6.45, 7) is 0. The normalized spacial score (nSPS) is 13.6. The Labute approximate surface area is 175 Å². The molecule has 0 aliphatic heterocycles. The number of aromatic carboxylic acids is 1. The standard InChI is InChI=1S/C20H14FN3O4S2/c21-16-7-15(18-9-29-10-23-18)17(5-13(16)8-22)24-30(27,28)19-6-12(20(25)26)3-4-14(19)11-1-2-11/h3-7,9-11,24H,1-2H2,(H,25,26). The number of benzene rings is 2. The molecule has 10 heteroatoms. The molecule has 0 amide bonds. The van der Waals surface area contributed by atoms with Crippen molar-refractivity contribution >= 4 is 33.0 Å². The predicted molar refractivity (Wildman–Crippen MR) is 108 cm³/mol. The van der Waals surface area contributed by atoms with Crippen LogP contribution in [0.5, 0.6) is 0 Å². The first-order chi connectivity index (χ1) is 14.3. The molecule has 3 aromatic rings. The molecule has 1 fully saturated rings. The summed E-state index contributed by atoms with van der Waals surface area (Å²) in [7, 11) is -4.23. The van der Waals surface area contributed by atoms with Crippen LogP contribution in [0.4, 0.5) is 10.1 Å². The first-order valence-electron chi connectivity index (χ1n) is 8.82. The summed E-state index contributed by atoms with van der Waals surface area (Å²) in [5, 5.41) is 20.1. The number of nitriles is 1. The fraction of sp³-hybridized carbons (Fsp3) is 0.150. The lowest BCUT2D eigenvalue weighted by molar-refractivity contribution is 0.0696. The van der Waals surface area contributed by atoms with E-state index in [1.807, 2.05) is 0 Å². The highest BCUT2D eigenvalue weighted by Crippen LogP contribution is 2.43. The minimum absolute atomic E-state index is 0.0127. The van der Waals surface area contributed by atoms with Gasteiger partial charge in [0.05, 0.1) is 32.9 Å². The second-order valence-corrected chi connectivity index (χ2v) is 9.17. The number of nitrogens with zero attached hydrogens (tertiary/aromatic N) is 2. The van der Waals surface area contributed by atoms with Gasteiger partial charge in [0.15, 0.2) is 0 Å². The van der Waals surface area contributed by atoms with Gasteiger partial charge in [-0.05, 0) is 48.6 Å². The number of carboxylic acids is 1. The Morgan fingerprint density at radius 2 is 2.07 bits per heavy atom. The van der Waals surface area contributed by atoms with Crippen LogP contribution in [-0.2, 0) is 10.0 Å². The van der Waals surface area contributed by atoms with Crippen molar-refractivity contribution in [2.45, 2.75) is 23.7 Å². The van der Waals surface area contributed by atoms with Gasteiger partial charge in [-0.3, -0.25) is 4.72 Å². The molecule has 4 rings (SSSR count). The van der Waals surface area contributed by atoms with Gasteiger partial charge < -0.3 is 5.11 Å². The highest BCUT2D eigenvalue weighted by molar-refractivity contribution is 7.92. The van der Waals surface area contributed by atoms with E-state index in [9.17, 15) is 22.7 Å². The zero-order valence-corrected chi connectivity index (χ0v) is 16.9. The number of hydrogen-bond acceptors (Lipinski definition) is 6. The maximum Gasteiger partial charge on any atom is 0.335 e. The molecular weight excluding hydrogens is 429 g/mol. The molecule has 1 saturated carbocycles. The number of hydrogen-bond donors (Lipinski definition) is 2. The topological polar surface area (TPSA) is 120 Å². The third-order valence-electron chi connectivity index (χ3n) is 4.75. The quantitative estimate of drug-likeness (QED) is 0.589. The number of halogens is 1. The number of aromatic nitrogens is 1. The van der Waals surface area contributed by atoms with Crippen molar-refractivity contribution in [3.05, 3.63) is 63.7 Å². The van der Waals surface area contributed by atoms with Crippen molar-refractivity contribution in [1.29, 1.82) is 5.26 Å². The molecule has 0 atom stereocenters. The van der Waals surface area contributed by atoms with E-state index in [1.54, 1.807) is 11.4 Å². The molecule has 1 aliphatic carbocycles. The van der Waals surface area contributed by atoms with E-state index in [0.29, 0.717) is 11.3 Å². The van der Waals surface area contributed by atoms with Crippen molar-refractivity contribution < 1.29 is 22.7 Å². The first kappa shape index (κ1) is 20.0. The molecule has 1 aliphatic rings. The molecule has 7 nitrogen and oxygen atoms in total. The third-order valence-corrected chi connectivity index (χ3v) is 6.76. The van der Waals surface area contributed by atoms with E-state index in [-0.39, 0.29) is 33.2 Å². The average Bonchev–Trinajstić information content (AvgIpc) is 3.42. The fourth-order valence-corrected chi connectivity index (χ4v) is 5.08. The van der Waals surface area contributed by atoms with Crippen LogP contribution in [0.2, 0.25) is 0 Å². The Morgan fingerprint density at radius 3 is 2.67 bits per heavy atom. The molecule has 0 unspecified atom stereocenters. The van der Waals surface area contributed by atoms with Gasteiger partial charge in [0.25, 0.3) is 10.0 Å². The molecule has 0 saturated heterocycles. The predicted octanol–water partition coefficient (Wildman–Crippen LogP) is 4.20. The van der Waals surface area contributed by atoms with Gasteiger partial charge in [0.2, 0.25) is 0 Å². The van der Waals surface area contributed by atoms with Crippen molar-refractivity contribution in [2.75, 3.05) is 4.72 Å². The van der Waals surface area contributed by atoms with Crippen LogP contribution < -0.4 is 4.72 Å². The van der Waals surface area contributed by atoms with E-state index in [2.05, 4.69) is 9.71 Å². The number of carbonyl (C=O) groups is 1. The fourth-order valence-electron chi connectivity index (χ4n) is 3.13. The van der Waals surface area contributed by atoms with E-state index in [0.717, 1.165) is 31.0 Å². The van der Waals surface area contributed by atoms with Gasteiger partial charge in [0, 0.05) is 10.9 Å². The van der Waals surface area contributed by atoms with Crippen molar-refractivity contribution in [3.63, 3.8) is 0 Å². The minimum atomic E-state index is -4.23. The SMILES string of the molecule is N#Cc1cc(NS(=O)(=O)c2cc(C(=O)O)ccc2C2CC2)c(-c2cscn2)cc1F. The van der Waals surface area contributed by atoms with E-state index in [1.165, 1.54) is 29.0 Å². The molecule has 152 valence electrons. The number of nitrogens with one attached hydrogen (secondary N) is 1. The monoisotopic (exact) mass is 443 g/mol. The van der Waals surface area contributed by atoms with Gasteiger partial charge in [-0.1, -0.05) is 6.07 Å². The zero-order valence-electron chi connectivity index (χ0n) is 15.3. The van der Waals surface area contributed by atoms with Gasteiger partial charge in [0.1, 0.15) is 11.9 Å². The summed E-state index contributed by atoms with van der Waals surface area (Å²) in [6, 6.07) is 7.87. The van der Waals surface area contributed by atoms with Crippen LogP contribution in [0.1, 0.15) is 40.2 Å². The molecule has 0 radical (unpaired) electrons. The summed E-state index contributed by atoms with van der Waals surface area (Å²) >= 11 is 1.25. The Bertz CT molecular complexity index is 1290. The minimum Gasteiger partial charge on any atom is -0.478 e. The highest BCUT2D eigenvalue weighted by Gasteiger charge is 2.32. The van der Waals surface area contributed by atoms with Crippen molar-refractivity contribution in [1.82, 2.24) is 4.98 Å². The maximum absolute atomic E-state index is 14.2. The molecular formula is C20H14FN3O4S2.